The number of aryl methyl sites for hydroxylation is 2. The number of carbonyl (C=O) groups excluding carboxylic acids is 1. The van der Waals surface area contributed by atoms with Crippen LogP contribution in [0.15, 0.2) is 35.1 Å². The molecule has 0 aliphatic carbocycles. The van der Waals surface area contributed by atoms with Gasteiger partial charge in [-0.1, -0.05) is 24.3 Å². The lowest BCUT2D eigenvalue weighted by Crippen LogP contribution is -2.47. The molecule has 1 aromatic carbocycles. The van der Waals surface area contributed by atoms with Gasteiger partial charge in [0.15, 0.2) is 0 Å². The van der Waals surface area contributed by atoms with Crippen molar-refractivity contribution in [2.45, 2.75) is 39.4 Å². The van der Waals surface area contributed by atoms with E-state index in [4.69, 9.17) is 0 Å². The predicted octanol–water partition coefficient (Wildman–Crippen LogP) is 1.38. The van der Waals surface area contributed by atoms with Gasteiger partial charge in [0.2, 0.25) is 5.91 Å². The van der Waals surface area contributed by atoms with Gasteiger partial charge in [-0.2, -0.15) is 4.98 Å². The molecule has 1 aliphatic rings. The fourth-order valence-electron chi connectivity index (χ4n) is 3.56. The van der Waals surface area contributed by atoms with Crippen molar-refractivity contribution in [3.8, 4) is 0 Å². The summed E-state index contributed by atoms with van der Waals surface area (Å²) < 4.78 is 1.44. The van der Waals surface area contributed by atoms with Crippen molar-refractivity contribution in [1.82, 2.24) is 19.4 Å². The van der Waals surface area contributed by atoms with E-state index in [-0.39, 0.29) is 24.2 Å². The molecule has 2 aromatic rings. The van der Waals surface area contributed by atoms with Crippen molar-refractivity contribution in [2.75, 3.05) is 20.6 Å². The molecule has 6 nitrogen and oxygen atoms in total. The van der Waals surface area contributed by atoms with E-state index < -0.39 is 0 Å². The van der Waals surface area contributed by atoms with Crippen molar-refractivity contribution in [1.29, 1.82) is 0 Å². The van der Waals surface area contributed by atoms with Crippen LogP contribution < -0.4 is 5.69 Å². The lowest BCUT2D eigenvalue weighted by molar-refractivity contribution is -0.131. The van der Waals surface area contributed by atoms with E-state index in [0.717, 1.165) is 18.7 Å². The average molecular weight is 354 g/mol. The number of hydrogen-bond donors (Lipinski definition) is 0. The van der Waals surface area contributed by atoms with Crippen molar-refractivity contribution in [3.63, 3.8) is 0 Å². The van der Waals surface area contributed by atoms with E-state index >= 15 is 0 Å². The summed E-state index contributed by atoms with van der Waals surface area (Å²) >= 11 is 0. The topological polar surface area (TPSA) is 58.4 Å². The van der Waals surface area contributed by atoms with E-state index in [1.807, 2.05) is 13.0 Å². The van der Waals surface area contributed by atoms with Crippen LogP contribution in [-0.2, 0) is 24.3 Å². The first kappa shape index (κ1) is 18.3. The van der Waals surface area contributed by atoms with Crippen molar-refractivity contribution < 1.29 is 4.79 Å². The molecule has 1 amide bonds. The van der Waals surface area contributed by atoms with Gasteiger partial charge in [0.1, 0.15) is 6.54 Å². The van der Waals surface area contributed by atoms with Crippen LogP contribution in [0.4, 0.5) is 0 Å². The number of hydrogen-bond acceptors (Lipinski definition) is 4. The Bertz CT molecular complexity index is 874. The maximum Gasteiger partial charge on any atom is 0.348 e. The summed E-state index contributed by atoms with van der Waals surface area (Å²) in [6.45, 7) is 5.17. The molecule has 6 heteroatoms. The normalized spacial score (nSPS) is 17.0. The number of aromatic nitrogens is 2. The van der Waals surface area contributed by atoms with Gasteiger partial charge in [0.05, 0.1) is 0 Å². The highest BCUT2D eigenvalue weighted by atomic mass is 16.2. The minimum atomic E-state index is -0.368. The second kappa shape index (κ2) is 7.41. The summed E-state index contributed by atoms with van der Waals surface area (Å²) in [6, 6.07) is 10.6. The summed E-state index contributed by atoms with van der Waals surface area (Å²) in [5.74, 6) is -0.0758. The van der Waals surface area contributed by atoms with Crippen LogP contribution in [0.5, 0.6) is 0 Å². The number of benzene rings is 1. The summed E-state index contributed by atoms with van der Waals surface area (Å²) in [5, 5.41) is 0. The summed E-state index contributed by atoms with van der Waals surface area (Å²) in [4.78, 5) is 32.7. The molecule has 1 aromatic heterocycles. The molecule has 0 spiro atoms. The molecular formula is C20H26N4O2. The van der Waals surface area contributed by atoms with E-state index in [1.54, 1.807) is 18.9 Å². The van der Waals surface area contributed by atoms with Gasteiger partial charge in [0, 0.05) is 37.6 Å². The molecule has 0 unspecified atom stereocenters. The largest absolute Gasteiger partial charge is 0.348 e. The Kier molecular flexibility index (Phi) is 5.23. The standard InChI is InChI=1S/C20H26N4O2/c1-14-9-15(2)24(20(26)21-14)13-19(25)23(4)12-18-10-16-7-5-6-8-17(16)11-22(18)3/h5-9,18H,10-13H2,1-4H3/t18-/m1/s1. The number of rotatable bonds is 4. The number of amides is 1. The minimum Gasteiger partial charge on any atom is -0.343 e. The van der Waals surface area contributed by atoms with Crippen LogP contribution in [0.1, 0.15) is 22.5 Å². The highest BCUT2D eigenvalue weighted by molar-refractivity contribution is 5.75. The zero-order valence-electron chi connectivity index (χ0n) is 15.9. The third kappa shape index (κ3) is 3.85. The fourth-order valence-corrected chi connectivity index (χ4v) is 3.56. The Morgan fingerprint density at radius 3 is 2.65 bits per heavy atom. The first-order valence-electron chi connectivity index (χ1n) is 8.91. The zero-order chi connectivity index (χ0) is 18.8. The molecular weight excluding hydrogens is 328 g/mol. The Balaban J connectivity index is 1.68. The second-order valence-electron chi connectivity index (χ2n) is 7.22. The second-order valence-corrected chi connectivity index (χ2v) is 7.22. The lowest BCUT2D eigenvalue weighted by atomic mass is 9.94. The van der Waals surface area contributed by atoms with E-state index in [0.29, 0.717) is 12.2 Å². The van der Waals surface area contributed by atoms with E-state index in [1.165, 1.54) is 15.7 Å². The third-order valence-corrected chi connectivity index (χ3v) is 5.17. The van der Waals surface area contributed by atoms with Gasteiger partial charge < -0.3 is 4.90 Å². The quantitative estimate of drug-likeness (QED) is 0.832. The third-order valence-electron chi connectivity index (χ3n) is 5.17. The molecule has 2 heterocycles. The first-order valence-corrected chi connectivity index (χ1v) is 8.91. The number of nitrogens with zero attached hydrogens (tertiary/aromatic N) is 4. The van der Waals surface area contributed by atoms with Crippen LogP contribution in [0.2, 0.25) is 0 Å². The Morgan fingerprint density at radius 1 is 1.27 bits per heavy atom. The van der Waals surface area contributed by atoms with Crippen LogP contribution in [0, 0.1) is 13.8 Å². The molecule has 3 rings (SSSR count). The zero-order valence-corrected chi connectivity index (χ0v) is 15.9. The fraction of sp³-hybridized carbons (Fsp3) is 0.450. The summed E-state index contributed by atoms with van der Waals surface area (Å²) in [5.41, 5.74) is 3.77. The van der Waals surface area contributed by atoms with Crippen molar-refractivity contribution >= 4 is 5.91 Å². The number of likely N-dealkylation sites (N-methyl/N-ethyl adjacent to an activating group) is 2. The van der Waals surface area contributed by atoms with Crippen molar-refractivity contribution in [3.05, 3.63) is 63.3 Å². The molecule has 26 heavy (non-hydrogen) atoms. The molecule has 1 aliphatic heterocycles. The van der Waals surface area contributed by atoms with Gasteiger partial charge in [-0.05, 0) is 44.5 Å². The van der Waals surface area contributed by atoms with Gasteiger partial charge in [-0.15, -0.1) is 0 Å². The molecule has 138 valence electrons. The smallest absolute Gasteiger partial charge is 0.343 e. The molecule has 1 atom stereocenters. The molecule has 0 fully saturated rings. The van der Waals surface area contributed by atoms with E-state index in [2.05, 4.69) is 41.2 Å². The summed E-state index contributed by atoms with van der Waals surface area (Å²) in [7, 11) is 3.90. The number of carbonyl (C=O) groups is 1. The monoisotopic (exact) mass is 354 g/mol. The lowest BCUT2D eigenvalue weighted by Gasteiger charge is -2.36. The van der Waals surface area contributed by atoms with Gasteiger partial charge in [-0.3, -0.25) is 14.3 Å². The first-order chi connectivity index (χ1) is 12.3. The molecule has 0 bridgehead atoms. The Hall–Kier alpha value is -2.47. The molecule has 0 saturated carbocycles. The highest BCUT2D eigenvalue weighted by Gasteiger charge is 2.25. The number of fused-ring (bicyclic) bond motifs is 1. The van der Waals surface area contributed by atoms with E-state index in [9.17, 15) is 9.59 Å². The van der Waals surface area contributed by atoms with Crippen molar-refractivity contribution in [2.24, 2.45) is 0 Å². The van der Waals surface area contributed by atoms with Crippen LogP contribution in [0.3, 0.4) is 0 Å². The minimum absolute atomic E-state index is 0.0292. The Morgan fingerprint density at radius 2 is 1.96 bits per heavy atom. The molecule has 0 radical (unpaired) electrons. The van der Waals surface area contributed by atoms with Crippen LogP contribution in [0.25, 0.3) is 0 Å². The SMILES string of the molecule is Cc1cc(C)n(CC(=O)N(C)C[C@H]2Cc3ccccc3CN2C)c(=O)n1. The highest BCUT2D eigenvalue weighted by Crippen LogP contribution is 2.22. The van der Waals surface area contributed by atoms with Crippen LogP contribution in [-0.4, -0.2) is 51.9 Å². The molecule has 0 N–H and O–H groups in total. The van der Waals surface area contributed by atoms with Gasteiger partial charge in [0.25, 0.3) is 0 Å². The maximum absolute atomic E-state index is 12.6. The molecule has 0 saturated heterocycles. The van der Waals surface area contributed by atoms with Gasteiger partial charge in [-0.25, -0.2) is 4.79 Å². The summed E-state index contributed by atoms with van der Waals surface area (Å²) in [6.07, 6.45) is 0.926. The van der Waals surface area contributed by atoms with Gasteiger partial charge >= 0.3 is 5.69 Å². The van der Waals surface area contributed by atoms with Crippen LogP contribution >= 0.6 is 0 Å². The predicted molar refractivity (Wildman–Crippen MR) is 101 cm³/mol. The maximum atomic E-state index is 12.6. The average Bonchev–Trinajstić information content (AvgIpc) is 2.58. The Labute approximate surface area is 154 Å².